The molecule has 0 saturated carbocycles. The predicted octanol–water partition coefficient (Wildman–Crippen LogP) is 0.137. The molecule has 1 atom stereocenters. The van der Waals surface area contributed by atoms with E-state index in [0.29, 0.717) is 13.1 Å². The van der Waals surface area contributed by atoms with Crippen molar-refractivity contribution in [1.82, 2.24) is 10.6 Å². The molecule has 100 valence electrons. The van der Waals surface area contributed by atoms with E-state index in [0.717, 1.165) is 5.56 Å². The van der Waals surface area contributed by atoms with E-state index in [1.807, 2.05) is 0 Å². The van der Waals surface area contributed by atoms with Crippen molar-refractivity contribution in [3.8, 4) is 0 Å². The molecule has 0 unspecified atom stereocenters. The van der Waals surface area contributed by atoms with Crippen molar-refractivity contribution in [3.63, 3.8) is 0 Å². The summed E-state index contributed by atoms with van der Waals surface area (Å²) in [6.07, 6.45) is 0.226. The molecular formula is C13H14N2O4. The molecule has 1 aliphatic heterocycles. The number of amides is 2. The second-order valence-electron chi connectivity index (χ2n) is 4.43. The molecular weight excluding hydrogens is 248 g/mol. The van der Waals surface area contributed by atoms with Crippen LogP contribution in [-0.4, -0.2) is 29.4 Å². The van der Waals surface area contributed by atoms with Crippen LogP contribution in [0.4, 0.5) is 0 Å². The number of carboxylic acid groups (broad SMARTS) is 1. The van der Waals surface area contributed by atoms with Crippen LogP contribution >= 0.6 is 0 Å². The molecule has 1 aromatic rings. The molecule has 0 aromatic heterocycles. The van der Waals surface area contributed by atoms with Crippen LogP contribution in [0, 0.1) is 5.92 Å². The highest BCUT2D eigenvalue weighted by atomic mass is 16.4. The third-order valence-electron chi connectivity index (χ3n) is 3.02. The van der Waals surface area contributed by atoms with Gasteiger partial charge in [-0.15, -0.1) is 0 Å². The normalized spacial score (nSPS) is 17.9. The maximum absolute atomic E-state index is 11.7. The zero-order chi connectivity index (χ0) is 13.8. The van der Waals surface area contributed by atoms with Crippen molar-refractivity contribution in [1.29, 1.82) is 0 Å². The number of hydrogen-bond donors (Lipinski definition) is 3. The Bertz CT molecular complexity index is 510. The summed E-state index contributed by atoms with van der Waals surface area (Å²) in [5, 5.41) is 14.1. The topological polar surface area (TPSA) is 95.5 Å². The van der Waals surface area contributed by atoms with Crippen LogP contribution in [0.3, 0.4) is 0 Å². The number of aromatic carboxylic acids is 1. The highest BCUT2D eigenvalue weighted by Gasteiger charge is 2.27. The van der Waals surface area contributed by atoms with Crippen molar-refractivity contribution in [3.05, 3.63) is 35.4 Å². The number of benzene rings is 1. The highest BCUT2D eigenvalue weighted by molar-refractivity contribution is 5.89. The van der Waals surface area contributed by atoms with Gasteiger partial charge in [0.2, 0.25) is 11.8 Å². The monoisotopic (exact) mass is 262 g/mol. The van der Waals surface area contributed by atoms with Crippen LogP contribution in [0.5, 0.6) is 0 Å². The zero-order valence-corrected chi connectivity index (χ0v) is 10.2. The lowest BCUT2D eigenvalue weighted by Gasteiger charge is -2.09. The van der Waals surface area contributed by atoms with Crippen molar-refractivity contribution in [2.75, 3.05) is 6.54 Å². The Morgan fingerprint density at radius 1 is 1.32 bits per heavy atom. The molecule has 6 nitrogen and oxygen atoms in total. The highest BCUT2D eigenvalue weighted by Crippen LogP contribution is 2.09. The van der Waals surface area contributed by atoms with Gasteiger partial charge in [0.15, 0.2) is 0 Å². The van der Waals surface area contributed by atoms with Crippen LogP contribution in [-0.2, 0) is 16.1 Å². The van der Waals surface area contributed by atoms with Crippen molar-refractivity contribution < 1.29 is 19.5 Å². The lowest BCUT2D eigenvalue weighted by atomic mass is 10.1. The number of hydrogen-bond acceptors (Lipinski definition) is 3. The van der Waals surface area contributed by atoms with Gasteiger partial charge in [-0.25, -0.2) is 4.79 Å². The fourth-order valence-corrected chi connectivity index (χ4v) is 1.89. The molecule has 0 spiro atoms. The van der Waals surface area contributed by atoms with Crippen LogP contribution in [0.1, 0.15) is 22.3 Å². The van der Waals surface area contributed by atoms with Gasteiger partial charge in [0, 0.05) is 19.5 Å². The minimum absolute atomic E-state index is 0.106. The van der Waals surface area contributed by atoms with Gasteiger partial charge in [-0.05, 0) is 17.7 Å². The Hall–Kier alpha value is -2.37. The maximum Gasteiger partial charge on any atom is 0.335 e. The first kappa shape index (κ1) is 13.1. The Morgan fingerprint density at radius 2 is 2.00 bits per heavy atom. The van der Waals surface area contributed by atoms with Gasteiger partial charge in [0.05, 0.1) is 11.5 Å². The van der Waals surface area contributed by atoms with E-state index in [1.165, 1.54) is 12.1 Å². The first-order valence-electron chi connectivity index (χ1n) is 5.93. The molecule has 3 N–H and O–H groups in total. The molecule has 6 heteroatoms. The van der Waals surface area contributed by atoms with Gasteiger partial charge < -0.3 is 15.7 Å². The fraction of sp³-hybridized carbons (Fsp3) is 0.308. The number of carboxylic acids is 1. The largest absolute Gasteiger partial charge is 0.478 e. The Morgan fingerprint density at radius 3 is 2.53 bits per heavy atom. The molecule has 1 heterocycles. The first-order valence-corrected chi connectivity index (χ1v) is 5.93. The summed E-state index contributed by atoms with van der Waals surface area (Å²) in [5.74, 6) is -1.57. The van der Waals surface area contributed by atoms with Gasteiger partial charge in [0.25, 0.3) is 0 Å². The third kappa shape index (κ3) is 3.31. The maximum atomic E-state index is 11.7. The van der Waals surface area contributed by atoms with Crippen LogP contribution in [0.15, 0.2) is 24.3 Å². The lowest BCUT2D eigenvalue weighted by Crippen LogP contribution is -2.31. The quantitative estimate of drug-likeness (QED) is 0.719. The van der Waals surface area contributed by atoms with Crippen LogP contribution in [0.25, 0.3) is 0 Å². The van der Waals surface area contributed by atoms with E-state index in [9.17, 15) is 14.4 Å². The molecule has 2 amide bonds. The molecule has 0 radical (unpaired) electrons. The summed E-state index contributed by atoms with van der Waals surface area (Å²) in [7, 11) is 0. The van der Waals surface area contributed by atoms with E-state index in [-0.39, 0.29) is 29.7 Å². The number of carbonyl (C=O) groups excluding carboxylic acids is 2. The Kier molecular flexibility index (Phi) is 3.79. The minimum Gasteiger partial charge on any atom is -0.478 e. The predicted molar refractivity (Wildman–Crippen MR) is 66.4 cm³/mol. The summed E-state index contributed by atoms with van der Waals surface area (Å²) in [4.78, 5) is 33.4. The number of rotatable bonds is 4. The molecule has 1 saturated heterocycles. The average Bonchev–Trinajstić information content (AvgIpc) is 2.83. The first-order chi connectivity index (χ1) is 9.06. The van der Waals surface area contributed by atoms with Gasteiger partial charge in [-0.2, -0.15) is 0 Å². The molecule has 2 rings (SSSR count). The SMILES string of the molecule is O=C1C[C@@H](C(=O)NCc2ccc(C(=O)O)cc2)CN1. The minimum atomic E-state index is -0.980. The summed E-state index contributed by atoms with van der Waals surface area (Å²) >= 11 is 0. The van der Waals surface area contributed by atoms with E-state index >= 15 is 0 Å². The standard InChI is InChI=1S/C13H14N2O4/c16-11-5-10(7-14-11)12(17)15-6-8-1-3-9(4-2-8)13(18)19/h1-4,10H,5-7H2,(H,14,16)(H,15,17)(H,18,19)/t10-/m1/s1. The average molecular weight is 262 g/mol. The number of nitrogens with one attached hydrogen (secondary N) is 2. The Labute approximate surface area is 109 Å². The van der Waals surface area contributed by atoms with Crippen molar-refractivity contribution >= 4 is 17.8 Å². The van der Waals surface area contributed by atoms with Gasteiger partial charge in [-0.3, -0.25) is 9.59 Å². The molecule has 1 aliphatic rings. The van der Waals surface area contributed by atoms with E-state index in [4.69, 9.17) is 5.11 Å². The van der Waals surface area contributed by atoms with Gasteiger partial charge >= 0.3 is 5.97 Å². The van der Waals surface area contributed by atoms with Crippen molar-refractivity contribution in [2.24, 2.45) is 5.92 Å². The smallest absolute Gasteiger partial charge is 0.335 e. The van der Waals surface area contributed by atoms with Crippen LogP contribution < -0.4 is 10.6 Å². The summed E-state index contributed by atoms with van der Waals surface area (Å²) in [6, 6.07) is 6.29. The van der Waals surface area contributed by atoms with Crippen LogP contribution in [0.2, 0.25) is 0 Å². The van der Waals surface area contributed by atoms with Crippen molar-refractivity contribution in [2.45, 2.75) is 13.0 Å². The summed E-state index contributed by atoms with van der Waals surface area (Å²) < 4.78 is 0. The molecule has 0 aliphatic carbocycles. The molecule has 0 bridgehead atoms. The number of carbonyl (C=O) groups is 3. The molecule has 1 fully saturated rings. The van der Waals surface area contributed by atoms with E-state index in [2.05, 4.69) is 10.6 Å². The summed E-state index contributed by atoms with van der Waals surface area (Å²) in [6.45, 7) is 0.700. The van der Waals surface area contributed by atoms with E-state index in [1.54, 1.807) is 12.1 Å². The Balaban J connectivity index is 1.86. The summed E-state index contributed by atoms with van der Waals surface area (Å²) in [5.41, 5.74) is 1.02. The zero-order valence-electron chi connectivity index (χ0n) is 10.2. The van der Waals surface area contributed by atoms with E-state index < -0.39 is 5.97 Å². The molecule has 1 aromatic carbocycles. The third-order valence-corrected chi connectivity index (χ3v) is 3.02. The lowest BCUT2D eigenvalue weighted by molar-refractivity contribution is -0.126. The fourth-order valence-electron chi connectivity index (χ4n) is 1.89. The van der Waals surface area contributed by atoms with Gasteiger partial charge in [-0.1, -0.05) is 12.1 Å². The molecule has 19 heavy (non-hydrogen) atoms. The van der Waals surface area contributed by atoms with Gasteiger partial charge in [0.1, 0.15) is 0 Å². The second kappa shape index (κ2) is 5.51. The second-order valence-corrected chi connectivity index (χ2v) is 4.43.